The predicted octanol–water partition coefficient (Wildman–Crippen LogP) is 6.41. The Hall–Kier alpha value is -4.21. The van der Waals surface area contributed by atoms with Crippen LogP contribution in [0.3, 0.4) is 0 Å². The molecule has 0 saturated carbocycles. The number of benzene rings is 3. The molecule has 192 valence electrons. The van der Waals surface area contributed by atoms with Gasteiger partial charge in [-0.15, -0.1) is 0 Å². The van der Waals surface area contributed by atoms with E-state index in [-0.39, 0.29) is 30.1 Å². The van der Waals surface area contributed by atoms with E-state index in [2.05, 4.69) is 10.4 Å². The van der Waals surface area contributed by atoms with E-state index >= 15 is 0 Å². The fourth-order valence-electron chi connectivity index (χ4n) is 3.83. The first-order valence-electron chi connectivity index (χ1n) is 11.3. The molecule has 5 nitrogen and oxygen atoms in total. The summed E-state index contributed by atoms with van der Waals surface area (Å²) in [6.45, 7) is -1.61. The van der Waals surface area contributed by atoms with Gasteiger partial charge in [0.25, 0.3) is 12.3 Å². The summed E-state index contributed by atoms with van der Waals surface area (Å²) < 4.78 is 72.7. The van der Waals surface area contributed by atoms with E-state index < -0.39 is 36.4 Å². The van der Waals surface area contributed by atoms with Crippen molar-refractivity contribution in [2.45, 2.75) is 25.7 Å². The number of amides is 1. The van der Waals surface area contributed by atoms with Crippen molar-refractivity contribution in [3.05, 3.63) is 107 Å². The molecule has 0 aliphatic heterocycles. The minimum Gasteiger partial charge on any atom is -0.484 e. The van der Waals surface area contributed by atoms with Gasteiger partial charge in [0, 0.05) is 17.7 Å². The minimum atomic E-state index is -4.54. The summed E-state index contributed by atoms with van der Waals surface area (Å²) in [5, 5.41) is 6.75. The highest BCUT2D eigenvalue weighted by molar-refractivity contribution is 5.95. The summed E-state index contributed by atoms with van der Waals surface area (Å²) >= 11 is 0. The van der Waals surface area contributed by atoms with Crippen LogP contribution in [0.15, 0.2) is 84.9 Å². The van der Waals surface area contributed by atoms with Gasteiger partial charge in [-0.05, 0) is 11.6 Å². The lowest BCUT2D eigenvalue weighted by Gasteiger charge is -2.13. The second kappa shape index (κ2) is 11.2. The van der Waals surface area contributed by atoms with E-state index in [4.69, 9.17) is 4.74 Å². The molecule has 1 heterocycles. The number of nitrogens with one attached hydrogen (secondary N) is 1. The van der Waals surface area contributed by atoms with Crippen LogP contribution in [-0.2, 0) is 13.1 Å². The number of carbonyl (C=O) groups is 1. The standard InChI is InChI=1S/C27H22F5N3O2/c28-25(29)22-23(26(36)33-15-20-13-7-8-14-21(20)37-17-27(30,31)32)34-35(16-18-9-3-1-4-10-18)24(22)19-11-5-2-6-12-19/h1-14,25H,15-17H2,(H,33,36). The van der Waals surface area contributed by atoms with Crippen LogP contribution in [0.2, 0.25) is 0 Å². The Morgan fingerprint density at radius 1 is 0.919 bits per heavy atom. The Morgan fingerprint density at radius 3 is 2.19 bits per heavy atom. The summed E-state index contributed by atoms with van der Waals surface area (Å²) in [7, 11) is 0. The van der Waals surface area contributed by atoms with Gasteiger partial charge >= 0.3 is 6.18 Å². The van der Waals surface area contributed by atoms with E-state index in [1.54, 1.807) is 48.5 Å². The third-order valence-electron chi connectivity index (χ3n) is 5.45. The lowest BCUT2D eigenvalue weighted by Crippen LogP contribution is -2.25. The molecule has 4 aromatic rings. The maximum atomic E-state index is 14.4. The van der Waals surface area contributed by atoms with Crippen LogP contribution >= 0.6 is 0 Å². The Balaban J connectivity index is 1.65. The Morgan fingerprint density at radius 2 is 1.54 bits per heavy atom. The molecule has 0 atom stereocenters. The van der Waals surface area contributed by atoms with Crippen LogP contribution < -0.4 is 10.1 Å². The molecule has 0 saturated heterocycles. The second-order valence-corrected chi connectivity index (χ2v) is 8.12. The number of aromatic nitrogens is 2. The molecule has 0 bridgehead atoms. The Labute approximate surface area is 209 Å². The average Bonchev–Trinajstić information content (AvgIpc) is 3.26. The zero-order chi connectivity index (χ0) is 26.4. The monoisotopic (exact) mass is 515 g/mol. The van der Waals surface area contributed by atoms with E-state index in [0.717, 1.165) is 5.56 Å². The van der Waals surface area contributed by atoms with Gasteiger partial charge in [0.2, 0.25) is 0 Å². The fraction of sp³-hybridized carbons (Fsp3) is 0.185. The van der Waals surface area contributed by atoms with E-state index in [9.17, 15) is 26.7 Å². The first kappa shape index (κ1) is 25.9. The maximum absolute atomic E-state index is 14.4. The minimum absolute atomic E-state index is 0.0752. The van der Waals surface area contributed by atoms with Gasteiger partial charge < -0.3 is 10.1 Å². The van der Waals surface area contributed by atoms with Gasteiger partial charge in [-0.25, -0.2) is 8.78 Å². The number of alkyl halides is 5. The van der Waals surface area contributed by atoms with Crippen molar-refractivity contribution in [1.82, 2.24) is 15.1 Å². The highest BCUT2D eigenvalue weighted by atomic mass is 19.4. The first-order valence-corrected chi connectivity index (χ1v) is 11.3. The molecule has 37 heavy (non-hydrogen) atoms. The topological polar surface area (TPSA) is 56.1 Å². The maximum Gasteiger partial charge on any atom is 0.422 e. The van der Waals surface area contributed by atoms with Gasteiger partial charge in [-0.2, -0.15) is 18.3 Å². The largest absolute Gasteiger partial charge is 0.484 e. The van der Waals surface area contributed by atoms with Gasteiger partial charge in [-0.3, -0.25) is 9.48 Å². The van der Waals surface area contributed by atoms with Gasteiger partial charge in [0.1, 0.15) is 5.75 Å². The van der Waals surface area contributed by atoms with Crippen molar-refractivity contribution in [3.63, 3.8) is 0 Å². The molecular formula is C27H22F5N3O2. The molecule has 3 aromatic carbocycles. The number of halogens is 5. The molecule has 1 aromatic heterocycles. The molecule has 0 aliphatic carbocycles. The van der Waals surface area contributed by atoms with Crippen LogP contribution in [-0.4, -0.2) is 28.5 Å². The van der Waals surface area contributed by atoms with Gasteiger partial charge in [0.15, 0.2) is 12.3 Å². The molecule has 0 radical (unpaired) electrons. The highest BCUT2D eigenvalue weighted by Crippen LogP contribution is 2.34. The number of carbonyl (C=O) groups excluding carboxylic acids is 1. The average molecular weight is 515 g/mol. The van der Waals surface area contributed by atoms with Crippen molar-refractivity contribution < 1.29 is 31.5 Å². The Bertz CT molecular complexity index is 1340. The van der Waals surface area contributed by atoms with Gasteiger partial charge in [-0.1, -0.05) is 78.9 Å². The molecule has 1 amide bonds. The van der Waals surface area contributed by atoms with Crippen molar-refractivity contribution in [3.8, 4) is 17.0 Å². The quantitative estimate of drug-likeness (QED) is 0.262. The second-order valence-electron chi connectivity index (χ2n) is 8.12. The van der Waals surface area contributed by atoms with Gasteiger partial charge in [0.05, 0.1) is 17.8 Å². The molecule has 0 spiro atoms. The van der Waals surface area contributed by atoms with Crippen molar-refractivity contribution in [1.29, 1.82) is 0 Å². The van der Waals surface area contributed by atoms with Crippen LogP contribution in [0.1, 0.15) is 33.6 Å². The third kappa shape index (κ3) is 6.52. The van der Waals surface area contributed by atoms with Crippen molar-refractivity contribution >= 4 is 5.91 Å². The summed E-state index contributed by atoms with van der Waals surface area (Å²) in [5.41, 5.74) is 0.640. The van der Waals surface area contributed by atoms with E-state index in [1.807, 2.05) is 18.2 Å². The number of para-hydroxylation sites is 1. The highest BCUT2D eigenvalue weighted by Gasteiger charge is 2.31. The molecule has 10 heteroatoms. The lowest BCUT2D eigenvalue weighted by atomic mass is 10.0. The van der Waals surface area contributed by atoms with E-state index in [0.29, 0.717) is 5.56 Å². The number of hydrogen-bond acceptors (Lipinski definition) is 3. The normalized spacial score (nSPS) is 11.5. The summed E-state index contributed by atoms with van der Waals surface area (Å²) in [6.07, 6.45) is -7.55. The smallest absolute Gasteiger partial charge is 0.422 e. The molecule has 0 unspecified atom stereocenters. The van der Waals surface area contributed by atoms with Crippen LogP contribution in [0.5, 0.6) is 5.75 Å². The number of nitrogens with zero attached hydrogens (tertiary/aromatic N) is 2. The summed E-state index contributed by atoms with van der Waals surface area (Å²) in [6, 6.07) is 23.4. The zero-order valence-corrected chi connectivity index (χ0v) is 19.4. The van der Waals surface area contributed by atoms with Crippen molar-refractivity contribution in [2.75, 3.05) is 6.61 Å². The SMILES string of the molecule is O=C(NCc1ccccc1OCC(F)(F)F)c1nn(Cc2ccccc2)c(-c2ccccc2)c1C(F)F. The fourth-order valence-corrected chi connectivity index (χ4v) is 3.83. The van der Waals surface area contributed by atoms with Crippen LogP contribution in [0.25, 0.3) is 11.3 Å². The predicted molar refractivity (Wildman–Crippen MR) is 127 cm³/mol. The number of rotatable bonds is 9. The Kier molecular flexibility index (Phi) is 7.86. The van der Waals surface area contributed by atoms with Crippen LogP contribution in [0.4, 0.5) is 22.0 Å². The number of ether oxygens (including phenoxy) is 1. The first-order chi connectivity index (χ1) is 17.7. The lowest BCUT2D eigenvalue weighted by molar-refractivity contribution is -0.153. The molecular weight excluding hydrogens is 493 g/mol. The zero-order valence-electron chi connectivity index (χ0n) is 19.4. The number of hydrogen-bond donors (Lipinski definition) is 1. The molecule has 0 fully saturated rings. The van der Waals surface area contributed by atoms with Crippen LogP contribution in [0, 0.1) is 0 Å². The van der Waals surface area contributed by atoms with E-state index in [1.165, 1.54) is 22.9 Å². The molecule has 1 N–H and O–H groups in total. The third-order valence-corrected chi connectivity index (χ3v) is 5.45. The molecule has 4 rings (SSSR count). The summed E-state index contributed by atoms with van der Waals surface area (Å²) in [4.78, 5) is 13.1. The molecule has 0 aliphatic rings. The van der Waals surface area contributed by atoms with Crippen molar-refractivity contribution in [2.24, 2.45) is 0 Å². The summed E-state index contributed by atoms with van der Waals surface area (Å²) in [5.74, 6) is -0.960.